The van der Waals surface area contributed by atoms with Crippen LogP contribution in [0.15, 0.2) is 0 Å². The standard InChI is InChI=1S/C12H26N2O/c1-5-13-6-7-14-8-12-9(2)10(3)15-11(12)4/h9-14H,5-8H2,1-4H3. The van der Waals surface area contributed by atoms with Crippen LogP contribution in [0.25, 0.3) is 0 Å². The Bertz CT molecular complexity index is 175. The number of hydrogen-bond acceptors (Lipinski definition) is 3. The topological polar surface area (TPSA) is 33.3 Å². The zero-order valence-electron chi connectivity index (χ0n) is 10.5. The lowest BCUT2D eigenvalue weighted by molar-refractivity contribution is 0.0512. The lowest BCUT2D eigenvalue weighted by Crippen LogP contribution is -2.34. The fraction of sp³-hybridized carbons (Fsp3) is 1.00. The minimum atomic E-state index is 0.404. The van der Waals surface area contributed by atoms with E-state index in [9.17, 15) is 0 Å². The zero-order chi connectivity index (χ0) is 11.3. The second kappa shape index (κ2) is 6.46. The Morgan fingerprint density at radius 2 is 1.67 bits per heavy atom. The van der Waals surface area contributed by atoms with Crippen LogP contribution in [0.2, 0.25) is 0 Å². The average molecular weight is 214 g/mol. The van der Waals surface area contributed by atoms with Crippen LogP contribution in [0, 0.1) is 11.8 Å². The van der Waals surface area contributed by atoms with Crippen molar-refractivity contribution >= 4 is 0 Å². The predicted octanol–water partition coefficient (Wildman–Crippen LogP) is 1.25. The molecule has 0 amide bonds. The molecule has 0 aromatic heterocycles. The monoisotopic (exact) mass is 214 g/mol. The molecular weight excluding hydrogens is 188 g/mol. The lowest BCUT2D eigenvalue weighted by atomic mass is 9.89. The van der Waals surface area contributed by atoms with E-state index in [2.05, 4.69) is 38.3 Å². The van der Waals surface area contributed by atoms with Gasteiger partial charge in [-0.15, -0.1) is 0 Å². The molecule has 0 aromatic carbocycles. The summed E-state index contributed by atoms with van der Waals surface area (Å²) in [5.74, 6) is 1.34. The average Bonchev–Trinajstić information content (AvgIpc) is 2.44. The maximum absolute atomic E-state index is 5.81. The number of hydrogen-bond donors (Lipinski definition) is 2. The van der Waals surface area contributed by atoms with E-state index in [1.807, 2.05) is 0 Å². The maximum Gasteiger partial charge on any atom is 0.0594 e. The molecule has 0 bridgehead atoms. The number of nitrogens with one attached hydrogen (secondary N) is 2. The quantitative estimate of drug-likeness (QED) is 0.653. The van der Waals surface area contributed by atoms with Gasteiger partial charge in [-0.2, -0.15) is 0 Å². The van der Waals surface area contributed by atoms with Crippen LogP contribution in [0.5, 0.6) is 0 Å². The molecule has 2 N–H and O–H groups in total. The van der Waals surface area contributed by atoms with Crippen LogP contribution in [0.4, 0.5) is 0 Å². The van der Waals surface area contributed by atoms with Crippen molar-refractivity contribution in [2.45, 2.75) is 39.9 Å². The van der Waals surface area contributed by atoms with Crippen LogP contribution >= 0.6 is 0 Å². The van der Waals surface area contributed by atoms with Gasteiger partial charge in [0, 0.05) is 25.6 Å². The fourth-order valence-corrected chi connectivity index (χ4v) is 2.31. The summed E-state index contributed by atoms with van der Waals surface area (Å²) in [5, 5.41) is 6.81. The normalized spacial score (nSPS) is 36.0. The van der Waals surface area contributed by atoms with Gasteiger partial charge in [0.25, 0.3) is 0 Å². The first-order valence-corrected chi connectivity index (χ1v) is 6.23. The first-order valence-electron chi connectivity index (χ1n) is 6.23. The minimum absolute atomic E-state index is 0.404. The summed E-state index contributed by atoms with van der Waals surface area (Å²) >= 11 is 0. The number of rotatable bonds is 6. The second-order valence-electron chi connectivity index (χ2n) is 4.63. The number of ether oxygens (including phenoxy) is 1. The van der Waals surface area contributed by atoms with Crippen LogP contribution in [-0.4, -0.2) is 38.4 Å². The molecule has 1 aliphatic heterocycles. The summed E-state index contributed by atoms with van der Waals surface area (Å²) in [7, 11) is 0. The summed E-state index contributed by atoms with van der Waals surface area (Å²) in [6.07, 6.45) is 0.821. The first-order chi connectivity index (χ1) is 7.16. The Hall–Kier alpha value is -0.120. The van der Waals surface area contributed by atoms with Crippen molar-refractivity contribution < 1.29 is 4.74 Å². The SMILES string of the molecule is CCNCCNCC1C(C)OC(C)C1C. The molecule has 1 fully saturated rings. The largest absolute Gasteiger partial charge is 0.375 e. The lowest BCUT2D eigenvalue weighted by Gasteiger charge is -2.18. The molecule has 4 atom stereocenters. The Morgan fingerprint density at radius 3 is 2.20 bits per heavy atom. The first kappa shape index (κ1) is 12.9. The van der Waals surface area contributed by atoms with Gasteiger partial charge in [0.15, 0.2) is 0 Å². The van der Waals surface area contributed by atoms with Crippen molar-refractivity contribution in [3.63, 3.8) is 0 Å². The van der Waals surface area contributed by atoms with Crippen molar-refractivity contribution in [1.29, 1.82) is 0 Å². The Labute approximate surface area is 94.0 Å². The van der Waals surface area contributed by atoms with Crippen molar-refractivity contribution in [3.05, 3.63) is 0 Å². The fourth-order valence-electron chi connectivity index (χ4n) is 2.31. The predicted molar refractivity (Wildman–Crippen MR) is 64.1 cm³/mol. The maximum atomic E-state index is 5.81. The Morgan fingerprint density at radius 1 is 1.00 bits per heavy atom. The highest BCUT2D eigenvalue weighted by Gasteiger charge is 2.36. The van der Waals surface area contributed by atoms with E-state index >= 15 is 0 Å². The molecule has 0 aliphatic carbocycles. The van der Waals surface area contributed by atoms with Gasteiger partial charge in [0.1, 0.15) is 0 Å². The molecule has 3 nitrogen and oxygen atoms in total. The van der Waals surface area contributed by atoms with Crippen LogP contribution in [0.1, 0.15) is 27.7 Å². The van der Waals surface area contributed by atoms with E-state index in [1.54, 1.807) is 0 Å². The van der Waals surface area contributed by atoms with Crippen molar-refractivity contribution in [3.8, 4) is 0 Å². The van der Waals surface area contributed by atoms with E-state index < -0.39 is 0 Å². The van der Waals surface area contributed by atoms with Gasteiger partial charge in [-0.05, 0) is 26.3 Å². The van der Waals surface area contributed by atoms with Crippen LogP contribution in [0.3, 0.4) is 0 Å². The van der Waals surface area contributed by atoms with Gasteiger partial charge >= 0.3 is 0 Å². The molecule has 15 heavy (non-hydrogen) atoms. The molecule has 1 heterocycles. The van der Waals surface area contributed by atoms with Crippen molar-refractivity contribution in [2.75, 3.05) is 26.2 Å². The molecule has 4 unspecified atom stereocenters. The molecule has 1 saturated heterocycles. The molecular formula is C12H26N2O. The van der Waals surface area contributed by atoms with Crippen molar-refractivity contribution in [2.24, 2.45) is 11.8 Å². The molecule has 3 heteroatoms. The molecule has 1 aliphatic rings. The van der Waals surface area contributed by atoms with Gasteiger partial charge in [0.05, 0.1) is 12.2 Å². The minimum Gasteiger partial charge on any atom is -0.375 e. The summed E-state index contributed by atoms with van der Waals surface area (Å²) in [6, 6.07) is 0. The highest BCUT2D eigenvalue weighted by atomic mass is 16.5. The van der Waals surface area contributed by atoms with Crippen LogP contribution < -0.4 is 10.6 Å². The van der Waals surface area contributed by atoms with Gasteiger partial charge in [-0.1, -0.05) is 13.8 Å². The number of likely N-dealkylation sites (N-methyl/N-ethyl adjacent to an activating group) is 1. The summed E-state index contributed by atoms with van der Waals surface area (Å²) in [6.45, 7) is 13.1. The highest BCUT2D eigenvalue weighted by Crippen LogP contribution is 2.31. The molecule has 90 valence electrons. The third-order valence-corrected chi connectivity index (χ3v) is 3.56. The van der Waals surface area contributed by atoms with Gasteiger partial charge in [-0.25, -0.2) is 0 Å². The molecule has 0 aromatic rings. The highest BCUT2D eigenvalue weighted by molar-refractivity contribution is 4.85. The molecule has 0 saturated carbocycles. The van der Waals surface area contributed by atoms with Gasteiger partial charge in [-0.3, -0.25) is 0 Å². The van der Waals surface area contributed by atoms with E-state index in [4.69, 9.17) is 4.74 Å². The van der Waals surface area contributed by atoms with E-state index in [-0.39, 0.29) is 0 Å². The Balaban J connectivity index is 2.15. The van der Waals surface area contributed by atoms with Crippen LogP contribution in [-0.2, 0) is 4.74 Å². The third kappa shape index (κ3) is 3.74. The van der Waals surface area contributed by atoms with E-state index in [1.165, 1.54) is 0 Å². The Kier molecular flexibility index (Phi) is 5.58. The smallest absolute Gasteiger partial charge is 0.0594 e. The molecule has 0 radical (unpaired) electrons. The summed E-state index contributed by atoms with van der Waals surface area (Å²) in [5.41, 5.74) is 0. The van der Waals surface area contributed by atoms with Gasteiger partial charge < -0.3 is 15.4 Å². The van der Waals surface area contributed by atoms with Crippen molar-refractivity contribution in [1.82, 2.24) is 10.6 Å². The second-order valence-corrected chi connectivity index (χ2v) is 4.63. The third-order valence-electron chi connectivity index (χ3n) is 3.56. The van der Waals surface area contributed by atoms with E-state index in [0.29, 0.717) is 24.0 Å². The molecule has 0 spiro atoms. The molecule has 1 rings (SSSR count). The zero-order valence-corrected chi connectivity index (χ0v) is 10.5. The van der Waals surface area contributed by atoms with E-state index in [0.717, 1.165) is 26.2 Å². The summed E-state index contributed by atoms with van der Waals surface area (Å²) < 4.78 is 5.81. The summed E-state index contributed by atoms with van der Waals surface area (Å²) in [4.78, 5) is 0. The van der Waals surface area contributed by atoms with Gasteiger partial charge in [0.2, 0.25) is 0 Å².